The molecule has 0 spiro atoms. The number of aliphatic carboxylic acids is 1. The highest BCUT2D eigenvalue weighted by atomic mass is 32.2. The average molecular weight is 433 g/mol. The summed E-state index contributed by atoms with van der Waals surface area (Å²) in [6.07, 6.45) is 1.85. The predicted molar refractivity (Wildman–Crippen MR) is 114 cm³/mol. The molecule has 0 aliphatic heterocycles. The summed E-state index contributed by atoms with van der Waals surface area (Å²) in [6, 6.07) is 10.9. The van der Waals surface area contributed by atoms with Crippen molar-refractivity contribution >= 4 is 26.9 Å². The average Bonchev–Trinajstić information content (AvgIpc) is 2.93. The number of sulfonamides is 1. The zero-order valence-electron chi connectivity index (χ0n) is 17.0. The van der Waals surface area contributed by atoms with Crippen molar-refractivity contribution in [2.75, 3.05) is 6.54 Å². The molecule has 0 aliphatic carbocycles. The Hall–Kier alpha value is -2.71. The highest BCUT2D eigenvalue weighted by Gasteiger charge is 2.21. The number of carboxylic acid groups (broad SMARTS) is 1. The van der Waals surface area contributed by atoms with Gasteiger partial charge in [-0.2, -0.15) is 0 Å². The predicted octanol–water partition coefficient (Wildman–Crippen LogP) is 3.84. The quantitative estimate of drug-likeness (QED) is 0.503. The summed E-state index contributed by atoms with van der Waals surface area (Å²) in [4.78, 5) is 11.5. The van der Waals surface area contributed by atoms with Gasteiger partial charge in [0, 0.05) is 29.6 Å². The summed E-state index contributed by atoms with van der Waals surface area (Å²) in [5.74, 6) is -1.44. The van der Waals surface area contributed by atoms with Gasteiger partial charge in [0.15, 0.2) is 0 Å². The molecule has 2 aromatic carbocycles. The Balaban J connectivity index is 2.09. The van der Waals surface area contributed by atoms with E-state index in [4.69, 9.17) is 0 Å². The number of benzene rings is 2. The van der Waals surface area contributed by atoms with Crippen molar-refractivity contribution in [2.45, 2.75) is 44.6 Å². The van der Waals surface area contributed by atoms with Gasteiger partial charge < -0.3 is 9.67 Å². The minimum Gasteiger partial charge on any atom is -0.480 e. The maximum Gasteiger partial charge on any atom is 0.323 e. The van der Waals surface area contributed by atoms with Crippen molar-refractivity contribution < 1.29 is 22.7 Å². The van der Waals surface area contributed by atoms with Gasteiger partial charge in [-0.1, -0.05) is 31.5 Å². The second-order valence-corrected chi connectivity index (χ2v) is 8.98. The van der Waals surface area contributed by atoms with Crippen molar-refractivity contribution in [1.29, 1.82) is 0 Å². The van der Waals surface area contributed by atoms with Gasteiger partial charge in [0.1, 0.15) is 12.4 Å². The summed E-state index contributed by atoms with van der Waals surface area (Å²) < 4.78 is 43.8. The van der Waals surface area contributed by atoms with Gasteiger partial charge in [0.05, 0.1) is 4.90 Å². The third-order valence-electron chi connectivity index (χ3n) is 5.16. The maximum absolute atomic E-state index is 14.0. The number of carbonyl (C=O) groups is 1. The van der Waals surface area contributed by atoms with E-state index in [2.05, 4.69) is 4.72 Å². The van der Waals surface area contributed by atoms with Crippen LogP contribution in [-0.2, 0) is 27.8 Å². The van der Waals surface area contributed by atoms with Gasteiger partial charge >= 0.3 is 5.97 Å². The molecule has 1 aromatic heterocycles. The Morgan fingerprint density at radius 1 is 1.20 bits per heavy atom. The fourth-order valence-corrected chi connectivity index (χ4v) is 4.96. The topological polar surface area (TPSA) is 88.4 Å². The summed E-state index contributed by atoms with van der Waals surface area (Å²) in [5, 5.41) is 9.86. The minimum absolute atomic E-state index is 0.177. The molecule has 1 heterocycles. The lowest BCUT2D eigenvalue weighted by atomic mass is 10.0. The third kappa shape index (κ3) is 4.55. The van der Waals surface area contributed by atoms with Crippen LogP contribution in [0.15, 0.2) is 47.4 Å². The number of nitrogens with one attached hydrogen (secondary N) is 1. The van der Waals surface area contributed by atoms with Gasteiger partial charge in [-0.05, 0) is 48.7 Å². The van der Waals surface area contributed by atoms with E-state index in [0.717, 1.165) is 12.8 Å². The standard InChI is InChI=1S/C22H25FN2O4S/c1-3-4-11-24-30(28,29)21-8-6-5-7-16(21)12-18-15(2)25(14-22(26)27)20-10-9-17(23)13-19(18)20/h5-10,13,24H,3-4,11-12,14H2,1-2H3,(H,26,27). The van der Waals surface area contributed by atoms with Crippen LogP contribution in [0.2, 0.25) is 0 Å². The van der Waals surface area contributed by atoms with E-state index in [1.807, 2.05) is 6.92 Å². The number of fused-ring (bicyclic) bond motifs is 1. The first-order valence-corrected chi connectivity index (χ1v) is 11.3. The van der Waals surface area contributed by atoms with Gasteiger partial charge in [0.25, 0.3) is 0 Å². The molecule has 3 aromatic rings. The molecule has 30 heavy (non-hydrogen) atoms. The normalized spacial score (nSPS) is 11.8. The molecule has 0 unspecified atom stereocenters. The number of hydrogen-bond acceptors (Lipinski definition) is 3. The molecule has 0 saturated carbocycles. The zero-order chi connectivity index (χ0) is 21.9. The molecule has 0 atom stereocenters. The molecule has 6 nitrogen and oxygen atoms in total. The van der Waals surface area contributed by atoms with Crippen LogP contribution in [0.5, 0.6) is 0 Å². The van der Waals surface area contributed by atoms with Crippen LogP contribution < -0.4 is 4.72 Å². The van der Waals surface area contributed by atoms with Crippen LogP contribution in [0.3, 0.4) is 0 Å². The van der Waals surface area contributed by atoms with Gasteiger partial charge in [0.2, 0.25) is 10.0 Å². The van der Waals surface area contributed by atoms with Gasteiger partial charge in [-0.3, -0.25) is 4.79 Å². The number of carboxylic acids is 1. The van der Waals surface area contributed by atoms with E-state index in [9.17, 15) is 22.7 Å². The number of rotatable bonds is 9. The molecule has 0 bridgehead atoms. The summed E-state index contributed by atoms with van der Waals surface area (Å²) in [7, 11) is -3.69. The number of aromatic nitrogens is 1. The van der Waals surface area contributed by atoms with Crippen LogP contribution in [0.25, 0.3) is 10.9 Å². The first kappa shape index (κ1) is 22.0. The summed E-state index contributed by atoms with van der Waals surface area (Å²) in [6.45, 7) is 3.85. The van der Waals surface area contributed by atoms with Crippen LogP contribution in [0, 0.1) is 12.7 Å². The molecule has 0 radical (unpaired) electrons. The fourth-order valence-electron chi connectivity index (χ4n) is 3.65. The van der Waals surface area contributed by atoms with E-state index in [-0.39, 0.29) is 17.9 Å². The van der Waals surface area contributed by atoms with Crippen molar-refractivity contribution in [1.82, 2.24) is 9.29 Å². The van der Waals surface area contributed by atoms with E-state index in [1.54, 1.807) is 41.8 Å². The van der Waals surface area contributed by atoms with Gasteiger partial charge in [-0.25, -0.2) is 17.5 Å². The van der Waals surface area contributed by atoms with E-state index in [1.165, 1.54) is 12.1 Å². The lowest BCUT2D eigenvalue weighted by Crippen LogP contribution is -2.25. The summed E-state index contributed by atoms with van der Waals surface area (Å²) >= 11 is 0. The Morgan fingerprint density at radius 2 is 1.93 bits per heavy atom. The largest absolute Gasteiger partial charge is 0.480 e. The lowest BCUT2D eigenvalue weighted by molar-refractivity contribution is -0.137. The third-order valence-corrected chi connectivity index (χ3v) is 6.72. The van der Waals surface area contributed by atoms with Crippen LogP contribution in [0.4, 0.5) is 4.39 Å². The first-order chi connectivity index (χ1) is 14.2. The molecular formula is C22H25FN2O4S. The summed E-state index contributed by atoms with van der Waals surface area (Å²) in [5.41, 5.74) is 2.56. The smallest absolute Gasteiger partial charge is 0.323 e. The van der Waals surface area contributed by atoms with Crippen LogP contribution in [0.1, 0.15) is 36.6 Å². The highest BCUT2D eigenvalue weighted by molar-refractivity contribution is 7.89. The molecule has 0 aliphatic rings. The van der Waals surface area contributed by atoms with Crippen molar-refractivity contribution in [3.63, 3.8) is 0 Å². The molecule has 160 valence electrons. The van der Waals surface area contributed by atoms with Crippen molar-refractivity contribution in [3.8, 4) is 0 Å². The fraction of sp³-hybridized carbons (Fsp3) is 0.318. The molecule has 0 amide bonds. The SMILES string of the molecule is CCCCNS(=O)(=O)c1ccccc1Cc1c(C)n(CC(=O)O)c2ccc(F)cc12. The Morgan fingerprint density at radius 3 is 2.63 bits per heavy atom. The Bertz CT molecular complexity index is 1190. The molecule has 8 heteroatoms. The highest BCUT2D eigenvalue weighted by Crippen LogP contribution is 2.30. The molecule has 0 saturated heterocycles. The number of hydrogen-bond donors (Lipinski definition) is 2. The first-order valence-electron chi connectivity index (χ1n) is 9.81. The van der Waals surface area contributed by atoms with Crippen molar-refractivity contribution in [3.05, 3.63) is 65.1 Å². The zero-order valence-corrected chi connectivity index (χ0v) is 17.8. The molecule has 3 rings (SSSR count). The second-order valence-electron chi connectivity index (χ2n) is 7.24. The van der Waals surface area contributed by atoms with Gasteiger partial charge in [-0.15, -0.1) is 0 Å². The molecule has 2 N–H and O–H groups in total. The van der Waals surface area contributed by atoms with E-state index < -0.39 is 21.8 Å². The lowest BCUT2D eigenvalue weighted by Gasteiger charge is -2.12. The van der Waals surface area contributed by atoms with Crippen LogP contribution in [-0.4, -0.2) is 30.6 Å². The van der Waals surface area contributed by atoms with E-state index in [0.29, 0.717) is 34.3 Å². The molecule has 0 fully saturated rings. The molecular weight excluding hydrogens is 407 g/mol. The van der Waals surface area contributed by atoms with Crippen molar-refractivity contribution in [2.24, 2.45) is 0 Å². The minimum atomic E-state index is -3.69. The van der Waals surface area contributed by atoms with E-state index >= 15 is 0 Å². The number of nitrogens with zero attached hydrogens (tertiary/aromatic N) is 1. The Kier molecular flexibility index (Phi) is 6.58. The monoisotopic (exact) mass is 432 g/mol. The number of halogens is 1. The number of unbranched alkanes of at least 4 members (excludes halogenated alkanes) is 1. The maximum atomic E-state index is 14.0. The van der Waals surface area contributed by atoms with Crippen LogP contribution >= 0.6 is 0 Å². The second kappa shape index (κ2) is 8.97. The Labute approximate surface area is 175 Å².